The lowest BCUT2D eigenvalue weighted by atomic mass is 10.1. The number of aromatic amines is 1. The summed E-state index contributed by atoms with van der Waals surface area (Å²) in [7, 11) is -10.0. The second-order valence-electron chi connectivity index (χ2n) is 10.4. The molecule has 17 nitrogen and oxygen atoms in total. The molecule has 4 aromatic rings. The first-order valence-electron chi connectivity index (χ1n) is 14.5. The van der Waals surface area contributed by atoms with Crippen LogP contribution in [0, 0.1) is 0 Å². The van der Waals surface area contributed by atoms with Crippen molar-refractivity contribution in [3.05, 3.63) is 130 Å². The van der Waals surface area contributed by atoms with Gasteiger partial charge in [0.05, 0.1) is 12.8 Å². The maximum atomic E-state index is 12.9. The van der Waals surface area contributed by atoms with Crippen LogP contribution in [0.3, 0.4) is 0 Å². The molecule has 1 aromatic heterocycles. The van der Waals surface area contributed by atoms with Crippen molar-refractivity contribution in [2.24, 2.45) is 0 Å². The molecule has 49 heavy (non-hydrogen) atoms. The van der Waals surface area contributed by atoms with Crippen LogP contribution in [-0.2, 0) is 38.3 Å². The summed E-state index contributed by atoms with van der Waals surface area (Å²) in [5, 5.41) is 21.5. The standard InChI is InChI=1S/C30H32N2O15P2/c33-24-16-17-32(28(34)31-24)27-26(46-30(36)43-22-14-8-3-9-15-22)25(45-29(35)42-21-12-6-2-7-13-21)23(44-27)18-41-49(39,40)47-48(37,38)19-20-10-4-1-5-11-20/h1-17,23,25-27,29-30,35-36H,18-19H2,(H,37,38)(H,39,40)(H,31,33,34)/t23-,25?,26?,27-,29?,30?/m1/s1. The number of nitrogens with one attached hydrogen (secondary N) is 1. The maximum Gasteiger partial charge on any atom is 0.479 e. The van der Waals surface area contributed by atoms with Gasteiger partial charge in [-0.25, -0.2) is 13.7 Å². The van der Waals surface area contributed by atoms with Gasteiger partial charge in [0.25, 0.3) is 5.56 Å². The number of rotatable bonds is 16. The van der Waals surface area contributed by atoms with Crippen molar-refractivity contribution < 1.29 is 61.6 Å². The first-order chi connectivity index (χ1) is 23.4. The SMILES string of the molecule is O=c1ccn([C@@H]2O[C@H](COP(=O)(O)OP(=O)(O)Cc3ccccc3)C(OC(O)Oc3ccccc3)C2OC(O)Oc2ccccc2)c(=O)[nH]1. The number of phosphoric ester groups is 1. The molecule has 0 radical (unpaired) electrons. The molecule has 5 N–H and O–H groups in total. The van der Waals surface area contributed by atoms with Gasteiger partial charge in [-0.3, -0.25) is 23.4 Å². The van der Waals surface area contributed by atoms with Gasteiger partial charge < -0.3 is 43.7 Å². The van der Waals surface area contributed by atoms with Gasteiger partial charge in [0.1, 0.15) is 29.8 Å². The number of aliphatic hydroxyl groups is 2. The van der Waals surface area contributed by atoms with Gasteiger partial charge in [0.15, 0.2) is 6.23 Å². The number of para-hydroxylation sites is 2. The molecule has 0 aliphatic carbocycles. The Morgan fingerprint density at radius 2 is 1.31 bits per heavy atom. The third-order valence-electron chi connectivity index (χ3n) is 6.78. The number of nitrogens with zero attached hydrogens (tertiary/aromatic N) is 1. The van der Waals surface area contributed by atoms with E-state index in [4.69, 9.17) is 28.2 Å². The van der Waals surface area contributed by atoms with Crippen molar-refractivity contribution >= 4 is 15.4 Å². The Kier molecular flexibility index (Phi) is 12.0. The van der Waals surface area contributed by atoms with E-state index in [-0.39, 0.29) is 11.5 Å². The maximum absolute atomic E-state index is 12.9. The normalized spacial score (nSPS) is 22.8. The number of hydrogen-bond acceptors (Lipinski definition) is 13. The van der Waals surface area contributed by atoms with E-state index in [0.717, 1.165) is 16.8 Å². The van der Waals surface area contributed by atoms with Gasteiger partial charge in [-0.15, -0.1) is 0 Å². The number of ether oxygens (including phenoxy) is 5. The van der Waals surface area contributed by atoms with Crippen molar-refractivity contribution in [3.63, 3.8) is 0 Å². The molecule has 1 aliphatic heterocycles. The molecule has 0 spiro atoms. The Morgan fingerprint density at radius 1 is 0.776 bits per heavy atom. The molecule has 19 heteroatoms. The highest BCUT2D eigenvalue weighted by molar-refractivity contribution is 7.63. The van der Waals surface area contributed by atoms with Crippen molar-refractivity contribution in [2.75, 3.05) is 6.61 Å². The van der Waals surface area contributed by atoms with E-state index in [9.17, 15) is 38.7 Å². The molecular formula is C30H32N2O15P2. The summed E-state index contributed by atoms with van der Waals surface area (Å²) in [4.78, 5) is 47.4. The fraction of sp³-hybridized carbons (Fsp3) is 0.267. The van der Waals surface area contributed by atoms with Crippen LogP contribution >= 0.6 is 15.4 Å². The molecule has 8 atom stereocenters. The zero-order valence-corrected chi connectivity index (χ0v) is 27.1. The summed E-state index contributed by atoms with van der Waals surface area (Å²) >= 11 is 0. The van der Waals surface area contributed by atoms with Crippen LogP contribution < -0.4 is 20.7 Å². The lowest BCUT2D eigenvalue weighted by Gasteiger charge is -2.28. The van der Waals surface area contributed by atoms with E-state index in [2.05, 4.69) is 4.31 Å². The molecular weight excluding hydrogens is 690 g/mol. The van der Waals surface area contributed by atoms with E-state index in [1.54, 1.807) is 54.6 Å². The van der Waals surface area contributed by atoms with E-state index < -0.39 is 76.9 Å². The van der Waals surface area contributed by atoms with E-state index in [0.29, 0.717) is 5.56 Å². The second kappa shape index (κ2) is 16.2. The number of benzene rings is 3. The Balaban J connectivity index is 1.41. The number of hydrogen-bond donors (Lipinski definition) is 5. The van der Waals surface area contributed by atoms with Crippen LogP contribution in [0.2, 0.25) is 0 Å². The first-order valence-corrected chi connectivity index (χ1v) is 17.8. The minimum absolute atomic E-state index is 0.172. The zero-order valence-electron chi connectivity index (χ0n) is 25.3. The summed E-state index contributed by atoms with van der Waals surface area (Å²) in [6, 6.07) is 24.8. The third kappa shape index (κ3) is 10.5. The zero-order chi connectivity index (χ0) is 35.0. The van der Waals surface area contributed by atoms with Crippen LogP contribution in [0.5, 0.6) is 11.5 Å². The van der Waals surface area contributed by atoms with Gasteiger partial charge in [-0.05, 0) is 29.8 Å². The number of aromatic nitrogens is 2. The largest absolute Gasteiger partial charge is 0.479 e. The van der Waals surface area contributed by atoms with Crippen LogP contribution in [0.25, 0.3) is 0 Å². The smallest absolute Gasteiger partial charge is 0.441 e. The predicted octanol–water partition coefficient (Wildman–Crippen LogP) is 2.43. The van der Waals surface area contributed by atoms with Crippen LogP contribution in [0.15, 0.2) is 113 Å². The molecule has 1 fully saturated rings. The molecule has 1 saturated heterocycles. The van der Waals surface area contributed by atoms with Crippen molar-refractivity contribution in [3.8, 4) is 11.5 Å². The fourth-order valence-corrected chi connectivity index (χ4v) is 7.47. The number of aliphatic hydroxyl groups excluding tert-OH is 2. The molecule has 0 saturated carbocycles. The molecule has 0 amide bonds. The van der Waals surface area contributed by atoms with Gasteiger partial charge in [-0.2, -0.15) is 0 Å². The highest BCUT2D eigenvalue weighted by Gasteiger charge is 2.51. The lowest BCUT2D eigenvalue weighted by molar-refractivity contribution is -0.295. The van der Waals surface area contributed by atoms with Crippen molar-refractivity contribution in [1.29, 1.82) is 0 Å². The van der Waals surface area contributed by atoms with Crippen LogP contribution in [0.1, 0.15) is 11.8 Å². The number of H-pyrrole nitrogens is 1. The molecule has 262 valence electrons. The number of phosphoric acid groups is 1. The summed E-state index contributed by atoms with van der Waals surface area (Å²) in [5.41, 5.74) is -1.38. The average Bonchev–Trinajstić information content (AvgIpc) is 3.36. The quantitative estimate of drug-likeness (QED) is 0.0825. The molecule has 3 aromatic carbocycles. The Hall–Kier alpha value is -3.96. The molecule has 5 rings (SSSR count). The van der Waals surface area contributed by atoms with Crippen LogP contribution in [-0.4, -0.2) is 67.4 Å². The first kappa shape index (κ1) is 36.3. The Bertz CT molecular complexity index is 1860. The summed E-state index contributed by atoms with van der Waals surface area (Å²) in [5.74, 6) is 0.351. The summed E-state index contributed by atoms with van der Waals surface area (Å²) < 4.78 is 64.2. The Labute approximate surface area is 277 Å². The van der Waals surface area contributed by atoms with Crippen molar-refractivity contribution in [2.45, 2.75) is 43.7 Å². The Morgan fingerprint density at radius 3 is 1.86 bits per heavy atom. The van der Waals surface area contributed by atoms with Gasteiger partial charge in [-0.1, -0.05) is 66.7 Å². The van der Waals surface area contributed by atoms with Crippen LogP contribution in [0.4, 0.5) is 0 Å². The fourth-order valence-electron chi connectivity index (χ4n) is 4.75. The average molecular weight is 723 g/mol. The van der Waals surface area contributed by atoms with E-state index >= 15 is 0 Å². The molecule has 2 heterocycles. The van der Waals surface area contributed by atoms with Gasteiger partial charge >= 0.3 is 34.1 Å². The summed E-state index contributed by atoms with van der Waals surface area (Å²) in [6.45, 7) is -5.02. The van der Waals surface area contributed by atoms with E-state index in [1.165, 1.54) is 36.4 Å². The topological polar surface area (TPSA) is 235 Å². The predicted molar refractivity (Wildman–Crippen MR) is 168 cm³/mol. The molecule has 6 unspecified atom stereocenters. The molecule has 1 aliphatic rings. The minimum Gasteiger partial charge on any atom is -0.441 e. The minimum atomic E-state index is -5.29. The monoisotopic (exact) mass is 722 g/mol. The second-order valence-corrected chi connectivity index (χ2v) is 13.8. The lowest BCUT2D eigenvalue weighted by Crippen LogP contribution is -2.45. The van der Waals surface area contributed by atoms with Gasteiger partial charge in [0.2, 0.25) is 0 Å². The highest BCUT2D eigenvalue weighted by Crippen LogP contribution is 2.61. The van der Waals surface area contributed by atoms with Gasteiger partial charge in [0, 0.05) is 12.3 Å². The highest BCUT2D eigenvalue weighted by atomic mass is 31.3. The third-order valence-corrected chi connectivity index (χ3v) is 9.86. The molecule has 0 bridgehead atoms. The summed E-state index contributed by atoms with van der Waals surface area (Å²) in [6.07, 6.45) is -5.85. The van der Waals surface area contributed by atoms with E-state index in [1.807, 2.05) is 4.98 Å². The van der Waals surface area contributed by atoms with Crippen molar-refractivity contribution in [1.82, 2.24) is 9.55 Å².